The molecular formula is C13H11N7O4S. The largest absolute Gasteiger partial charge is 0.270 e. The summed E-state index contributed by atoms with van der Waals surface area (Å²) in [4.78, 5) is 21.6. The third-order valence-corrected chi connectivity index (χ3v) is 4.71. The van der Waals surface area contributed by atoms with E-state index in [-0.39, 0.29) is 16.4 Å². The molecule has 0 fully saturated rings. The van der Waals surface area contributed by atoms with Crippen molar-refractivity contribution in [3.05, 3.63) is 58.9 Å². The lowest BCUT2D eigenvalue weighted by Crippen LogP contribution is -2.16. The predicted molar refractivity (Wildman–Crippen MR) is 85.6 cm³/mol. The Morgan fingerprint density at radius 2 is 2.00 bits per heavy atom. The first kappa shape index (κ1) is 16.4. The van der Waals surface area contributed by atoms with Crippen LogP contribution in [0.25, 0.3) is 5.82 Å². The molecular weight excluding hydrogens is 350 g/mol. The van der Waals surface area contributed by atoms with E-state index in [1.807, 2.05) is 0 Å². The smallest absolute Gasteiger partial charge is 0.263 e. The summed E-state index contributed by atoms with van der Waals surface area (Å²) in [6, 6.07) is 4.96. The van der Waals surface area contributed by atoms with Crippen molar-refractivity contribution < 1.29 is 13.3 Å². The minimum Gasteiger partial charge on any atom is -0.263 e. The van der Waals surface area contributed by atoms with Gasteiger partial charge < -0.3 is 0 Å². The first-order valence-corrected chi connectivity index (χ1v) is 8.30. The lowest BCUT2D eigenvalue weighted by Gasteiger charge is -2.10. The van der Waals surface area contributed by atoms with Crippen LogP contribution in [0.3, 0.4) is 0 Å². The molecule has 0 saturated carbocycles. The maximum atomic E-state index is 12.6. The fourth-order valence-corrected chi connectivity index (χ4v) is 3.30. The molecule has 0 radical (unpaired) electrons. The van der Waals surface area contributed by atoms with E-state index in [0.29, 0.717) is 11.4 Å². The van der Waals surface area contributed by atoms with Crippen molar-refractivity contribution in [2.24, 2.45) is 0 Å². The Morgan fingerprint density at radius 1 is 1.20 bits per heavy atom. The highest BCUT2D eigenvalue weighted by Crippen LogP contribution is 2.23. The van der Waals surface area contributed by atoms with Crippen LogP contribution in [0.4, 0.5) is 11.5 Å². The van der Waals surface area contributed by atoms with Crippen LogP contribution in [0.15, 0.2) is 48.1 Å². The maximum Gasteiger partial charge on any atom is 0.270 e. The summed E-state index contributed by atoms with van der Waals surface area (Å²) in [6.45, 7) is 1.54. The Hall–Kier alpha value is -3.41. The summed E-state index contributed by atoms with van der Waals surface area (Å²) in [5.41, 5.74) is 0.0422. The number of nitro benzene ring substituents is 1. The van der Waals surface area contributed by atoms with Gasteiger partial charge in [-0.25, -0.2) is 28.1 Å². The van der Waals surface area contributed by atoms with Gasteiger partial charge in [0.2, 0.25) is 0 Å². The molecule has 2 aromatic heterocycles. The molecule has 3 aromatic rings. The molecule has 0 atom stereocenters. The van der Waals surface area contributed by atoms with E-state index >= 15 is 0 Å². The minimum atomic E-state index is -4.08. The van der Waals surface area contributed by atoms with Gasteiger partial charge in [0.25, 0.3) is 15.7 Å². The number of aromatic nitrogens is 5. The Bertz CT molecular complexity index is 1030. The summed E-state index contributed by atoms with van der Waals surface area (Å²) in [7, 11) is -4.08. The van der Waals surface area contributed by atoms with Crippen molar-refractivity contribution in [1.29, 1.82) is 0 Å². The van der Waals surface area contributed by atoms with Crippen LogP contribution in [0, 0.1) is 17.0 Å². The van der Waals surface area contributed by atoms with Gasteiger partial charge in [0, 0.05) is 18.2 Å². The highest BCUT2D eigenvalue weighted by atomic mass is 32.2. The summed E-state index contributed by atoms with van der Waals surface area (Å²) in [5, 5.41) is 14.8. The van der Waals surface area contributed by atoms with Gasteiger partial charge in [-0.1, -0.05) is 6.07 Å². The van der Waals surface area contributed by atoms with Crippen molar-refractivity contribution in [2.45, 2.75) is 11.8 Å². The molecule has 1 aromatic carbocycles. The normalized spacial score (nSPS) is 11.2. The molecule has 0 unspecified atom stereocenters. The van der Waals surface area contributed by atoms with Crippen molar-refractivity contribution >= 4 is 21.5 Å². The van der Waals surface area contributed by atoms with Crippen LogP contribution < -0.4 is 4.72 Å². The standard InChI is InChI=1S/C13H11N7O4S/c1-9-2-3-10(20(21)22)4-11(9)25(23,24)18-12-5-13(16-7-15-12)19-8-14-6-17-19/h2-8H,1H3,(H,15,16,18). The number of rotatable bonds is 5. The fourth-order valence-electron chi connectivity index (χ4n) is 2.04. The Balaban J connectivity index is 1.96. The molecule has 0 amide bonds. The van der Waals surface area contributed by atoms with Gasteiger partial charge in [-0.3, -0.25) is 14.8 Å². The molecule has 128 valence electrons. The van der Waals surface area contributed by atoms with E-state index < -0.39 is 14.9 Å². The summed E-state index contributed by atoms with van der Waals surface area (Å²) in [5.74, 6) is 0.298. The fraction of sp³-hybridized carbons (Fsp3) is 0.0769. The van der Waals surface area contributed by atoms with Gasteiger partial charge >= 0.3 is 0 Å². The number of sulfonamides is 1. The van der Waals surface area contributed by atoms with Gasteiger partial charge in [-0.15, -0.1) is 0 Å². The lowest BCUT2D eigenvalue weighted by atomic mass is 10.2. The van der Waals surface area contributed by atoms with Crippen molar-refractivity contribution in [3.63, 3.8) is 0 Å². The Labute approximate surface area is 141 Å². The summed E-state index contributed by atoms with van der Waals surface area (Å²) >= 11 is 0. The summed E-state index contributed by atoms with van der Waals surface area (Å²) in [6.07, 6.45) is 3.86. The maximum absolute atomic E-state index is 12.6. The predicted octanol–water partition coefficient (Wildman–Crippen LogP) is 1.07. The second kappa shape index (κ2) is 6.24. The first-order chi connectivity index (χ1) is 11.9. The quantitative estimate of drug-likeness (QED) is 0.524. The van der Waals surface area contributed by atoms with E-state index in [1.54, 1.807) is 6.92 Å². The number of non-ortho nitro benzene ring substituents is 1. The highest BCUT2D eigenvalue weighted by Gasteiger charge is 2.21. The molecule has 0 aliphatic rings. The summed E-state index contributed by atoms with van der Waals surface area (Å²) < 4.78 is 28.7. The van der Waals surface area contributed by atoms with E-state index in [2.05, 4.69) is 24.8 Å². The van der Waals surface area contributed by atoms with Gasteiger partial charge in [-0.2, -0.15) is 5.10 Å². The average molecular weight is 361 g/mol. The average Bonchev–Trinajstić information content (AvgIpc) is 3.09. The van der Waals surface area contributed by atoms with Crippen LogP contribution in [0.1, 0.15) is 5.56 Å². The molecule has 1 N–H and O–H groups in total. The molecule has 2 heterocycles. The van der Waals surface area contributed by atoms with E-state index in [4.69, 9.17) is 0 Å². The Kier molecular flexibility index (Phi) is 4.10. The first-order valence-electron chi connectivity index (χ1n) is 6.82. The second-order valence-electron chi connectivity index (χ2n) is 4.91. The number of hydrogen-bond donors (Lipinski definition) is 1. The number of nitrogens with zero attached hydrogens (tertiary/aromatic N) is 6. The van der Waals surface area contributed by atoms with E-state index in [0.717, 1.165) is 12.4 Å². The molecule has 3 rings (SSSR count). The molecule has 12 heteroatoms. The number of nitrogens with one attached hydrogen (secondary N) is 1. The number of anilines is 1. The van der Waals surface area contributed by atoms with Crippen molar-refractivity contribution in [2.75, 3.05) is 4.72 Å². The molecule has 0 saturated heterocycles. The number of hydrogen-bond acceptors (Lipinski definition) is 8. The SMILES string of the molecule is Cc1ccc([N+](=O)[O-])cc1S(=O)(=O)Nc1cc(-n2cncn2)ncn1. The van der Waals surface area contributed by atoms with Crippen LogP contribution in [-0.4, -0.2) is 38.1 Å². The number of nitro groups is 1. The van der Waals surface area contributed by atoms with Crippen LogP contribution in [0.2, 0.25) is 0 Å². The third kappa shape index (κ3) is 3.42. The molecule has 0 spiro atoms. The Morgan fingerprint density at radius 3 is 2.68 bits per heavy atom. The van der Waals surface area contributed by atoms with E-state index in [1.165, 1.54) is 35.5 Å². The van der Waals surface area contributed by atoms with Gasteiger partial charge in [0.15, 0.2) is 5.82 Å². The second-order valence-corrected chi connectivity index (χ2v) is 6.56. The lowest BCUT2D eigenvalue weighted by molar-refractivity contribution is -0.385. The zero-order chi connectivity index (χ0) is 18.0. The molecule has 0 aliphatic heterocycles. The van der Waals surface area contributed by atoms with E-state index in [9.17, 15) is 18.5 Å². The van der Waals surface area contributed by atoms with Crippen molar-refractivity contribution in [1.82, 2.24) is 24.7 Å². The number of benzene rings is 1. The van der Waals surface area contributed by atoms with Gasteiger partial charge in [0.05, 0.1) is 9.82 Å². The number of aryl methyl sites for hydroxylation is 1. The van der Waals surface area contributed by atoms with Crippen LogP contribution in [0.5, 0.6) is 0 Å². The zero-order valence-electron chi connectivity index (χ0n) is 12.8. The molecule has 11 nitrogen and oxygen atoms in total. The zero-order valence-corrected chi connectivity index (χ0v) is 13.6. The molecule has 0 aliphatic carbocycles. The van der Waals surface area contributed by atoms with Crippen LogP contribution in [-0.2, 0) is 10.0 Å². The van der Waals surface area contributed by atoms with Crippen molar-refractivity contribution in [3.8, 4) is 5.82 Å². The highest BCUT2D eigenvalue weighted by molar-refractivity contribution is 7.92. The third-order valence-electron chi connectivity index (χ3n) is 3.22. The monoisotopic (exact) mass is 361 g/mol. The van der Waals surface area contributed by atoms with Gasteiger partial charge in [-0.05, 0) is 12.5 Å². The minimum absolute atomic E-state index is 0.00796. The molecule has 25 heavy (non-hydrogen) atoms. The van der Waals surface area contributed by atoms with Crippen LogP contribution >= 0.6 is 0 Å². The molecule has 0 bridgehead atoms. The topological polar surface area (TPSA) is 146 Å². The van der Waals surface area contributed by atoms with Gasteiger partial charge in [0.1, 0.15) is 24.8 Å².